The summed E-state index contributed by atoms with van der Waals surface area (Å²) in [6.45, 7) is 5.27. The van der Waals surface area contributed by atoms with Crippen LogP contribution in [-0.2, 0) is 4.79 Å². The van der Waals surface area contributed by atoms with Gasteiger partial charge < -0.3 is 10.6 Å². The first-order chi connectivity index (χ1) is 9.13. The van der Waals surface area contributed by atoms with Crippen LogP contribution in [0.4, 0.5) is 5.69 Å². The number of nitrogens with one attached hydrogen (secondary N) is 2. The van der Waals surface area contributed by atoms with Gasteiger partial charge in [0.2, 0.25) is 5.91 Å². The van der Waals surface area contributed by atoms with Crippen LogP contribution in [0.15, 0.2) is 24.3 Å². The maximum absolute atomic E-state index is 11.7. The van der Waals surface area contributed by atoms with E-state index < -0.39 is 0 Å². The molecule has 4 nitrogen and oxygen atoms in total. The summed E-state index contributed by atoms with van der Waals surface area (Å²) in [7, 11) is 0. The van der Waals surface area contributed by atoms with Crippen LogP contribution in [0.5, 0.6) is 0 Å². The largest absolute Gasteiger partial charge is 0.326 e. The fourth-order valence-electron chi connectivity index (χ4n) is 1.67. The first kappa shape index (κ1) is 15.4. The summed E-state index contributed by atoms with van der Waals surface area (Å²) in [5.74, 6) is -0.0398. The van der Waals surface area contributed by atoms with Crippen LogP contribution >= 0.6 is 0 Å². The van der Waals surface area contributed by atoms with Crippen molar-refractivity contribution in [2.75, 3.05) is 18.4 Å². The average molecular weight is 262 g/mol. The Balaban J connectivity index is 2.35. The number of carbonyl (C=O) groups excluding carboxylic acids is 2. The van der Waals surface area contributed by atoms with Gasteiger partial charge in [-0.2, -0.15) is 0 Å². The molecule has 0 fully saturated rings. The fraction of sp³-hybridized carbons (Fsp3) is 0.467. The molecule has 1 rings (SSSR count). The van der Waals surface area contributed by atoms with Crippen molar-refractivity contribution in [2.24, 2.45) is 0 Å². The lowest BCUT2D eigenvalue weighted by Gasteiger charge is -2.07. The highest BCUT2D eigenvalue weighted by Crippen LogP contribution is 2.11. The number of rotatable bonds is 8. The van der Waals surface area contributed by atoms with Crippen LogP contribution in [0.2, 0.25) is 0 Å². The van der Waals surface area contributed by atoms with E-state index in [2.05, 4.69) is 17.6 Å². The number of amides is 1. The van der Waals surface area contributed by atoms with E-state index in [0.29, 0.717) is 24.2 Å². The number of carbonyl (C=O) groups is 2. The molecule has 1 amide bonds. The Bertz CT molecular complexity index is 430. The molecule has 0 aliphatic heterocycles. The Labute approximate surface area is 114 Å². The normalized spacial score (nSPS) is 10.2. The second-order valence-corrected chi connectivity index (χ2v) is 4.54. The van der Waals surface area contributed by atoms with Crippen molar-refractivity contribution in [3.8, 4) is 0 Å². The minimum absolute atomic E-state index is 0.00247. The first-order valence-electron chi connectivity index (χ1n) is 6.75. The van der Waals surface area contributed by atoms with E-state index in [4.69, 9.17) is 0 Å². The van der Waals surface area contributed by atoms with Gasteiger partial charge in [0.05, 0.1) is 0 Å². The molecule has 0 bridgehead atoms. The van der Waals surface area contributed by atoms with Crippen LogP contribution < -0.4 is 10.6 Å². The Kier molecular flexibility index (Phi) is 6.82. The standard InChI is InChI=1S/C15H22N2O2/c1-3-4-9-16-10-8-15(19)17-14-7-5-6-13(11-14)12(2)18/h5-7,11,16H,3-4,8-10H2,1-2H3,(H,17,19). The van der Waals surface area contributed by atoms with E-state index in [1.54, 1.807) is 24.3 Å². The third kappa shape index (κ3) is 6.15. The third-order valence-corrected chi connectivity index (χ3v) is 2.79. The number of hydrogen-bond donors (Lipinski definition) is 2. The van der Waals surface area contributed by atoms with Crippen LogP contribution in [0, 0.1) is 0 Å². The van der Waals surface area contributed by atoms with Crippen molar-refractivity contribution in [3.05, 3.63) is 29.8 Å². The second-order valence-electron chi connectivity index (χ2n) is 4.54. The summed E-state index contributed by atoms with van der Waals surface area (Å²) in [4.78, 5) is 22.9. The van der Waals surface area contributed by atoms with Gasteiger partial charge >= 0.3 is 0 Å². The molecule has 104 valence electrons. The predicted octanol–water partition coefficient (Wildman–Crippen LogP) is 2.61. The zero-order valence-corrected chi connectivity index (χ0v) is 11.7. The molecule has 1 aromatic carbocycles. The van der Waals surface area contributed by atoms with E-state index in [9.17, 15) is 9.59 Å². The Hall–Kier alpha value is -1.68. The molecule has 0 heterocycles. The van der Waals surface area contributed by atoms with Gasteiger partial charge in [-0.15, -0.1) is 0 Å². The Morgan fingerprint density at radius 3 is 2.68 bits per heavy atom. The van der Waals surface area contributed by atoms with Gasteiger partial charge in [0.15, 0.2) is 5.78 Å². The lowest BCUT2D eigenvalue weighted by molar-refractivity contribution is -0.116. The highest BCUT2D eigenvalue weighted by molar-refractivity contribution is 5.97. The van der Waals surface area contributed by atoms with Gasteiger partial charge in [0, 0.05) is 24.2 Å². The van der Waals surface area contributed by atoms with Crippen molar-refractivity contribution in [3.63, 3.8) is 0 Å². The van der Waals surface area contributed by atoms with Gasteiger partial charge in [-0.05, 0) is 32.0 Å². The Morgan fingerprint density at radius 2 is 2.00 bits per heavy atom. The van der Waals surface area contributed by atoms with Crippen molar-refractivity contribution in [2.45, 2.75) is 33.1 Å². The number of ketones is 1. The lowest BCUT2D eigenvalue weighted by Crippen LogP contribution is -2.22. The summed E-state index contributed by atoms with van der Waals surface area (Å²) in [6, 6.07) is 7.00. The molecule has 0 saturated heterocycles. The summed E-state index contributed by atoms with van der Waals surface area (Å²) >= 11 is 0. The quantitative estimate of drug-likeness (QED) is 0.559. The molecule has 0 unspecified atom stereocenters. The van der Waals surface area contributed by atoms with Crippen molar-refractivity contribution in [1.29, 1.82) is 0 Å². The van der Waals surface area contributed by atoms with Crippen molar-refractivity contribution < 1.29 is 9.59 Å². The molecular weight excluding hydrogens is 240 g/mol. The number of Topliss-reactive ketones (excluding diaryl/α,β-unsaturated/α-hetero) is 1. The van der Waals surface area contributed by atoms with E-state index in [1.807, 2.05) is 0 Å². The minimum atomic E-state index is -0.0373. The lowest BCUT2D eigenvalue weighted by atomic mass is 10.1. The number of benzene rings is 1. The fourth-order valence-corrected chi connectivity index (χ4v) is 1.67. The molecule has 4 heteroatoms. The zero-order chi connectivity index (χ0) is 14.1. The molecule has 0 spiro atoms. The summed E-state index contributed by atoms with van der Waals surface area (Å²) in [6.07, 6.45) is 2.72. The minimum Gasteiger partial charge on any atom is -0.326 e. The molecule has 0 aliphatic rings. The van der Waals surface area contributed by atoms with Gasteiger partial charge in [-0.25, -0.2) is 0 Å². The van der Waals surface area contributed by atoms with E-state index in [1.165, 1.54) is 6.92 Å². The van der Waals surface area contributed by atoms with Gasteiger partial charge in [0.25, 0.3) is 0 Å². The molecule has 0 saturated carbocycles. The molecule has 1 aromatic rings. The maximum Gasteiger partial charge on any atom is 0.225 e. The van der Waals surface area contributed by atoms with Crippen LogP contribution in [0.25, 0.3) is 0 Å². The molecule has 2 N–H and O–H groups in total. The third-order valence-electron chi connectivity index (χ3n) is 2.79. The molecule has 0 aliphatic carbocycles. The second kappa shape index (κ2) is 8.43. The molecule has 0 radical (unpaired) electrons. The van der Waals surface area contributed by atoms with Crippen LogP contribution in [-0.4, -0.2) is 24.8 Å². The SMILES string of the molecule is CCCCNCCC(=O)Nc1cccc(C(C)=O)c1. The van der Waals surface area contributed by atoms with Crippen LogP contribution in [0.3, 0.4) is 0 Å². The summed E-state index contributed by atoms with van der Waals surface area (Å²) < 4.78 is 0. The predicted molar refractivity (Wildman–Crippen MR) is 77.5 cm³/mol. The van der Waals surface area contributed by atoms with E-state index in [0.717, 1.165) is 19.4 Å². The molecule has 0 atom stereocenters. The number of anilines is 1. The van der Waals surface area contributed by atoms with Gasteiger partial charge in [-0.1, -0.05) is 25.5 Å². The highest BCUT2D eigenvalue weighted by atomic mass is 16.1. The van der Waals surface area contributed by atoms with Crippen LogP contribution in [0.1, 0.15) is 43.5 Å². The van der Waals surface area contributed by atoms with Crippen molar-refractivity contribution >= 4 is 17.4 Å². The number of hydrogen-bond acceptors (Lipinski definition) is 3. The molecule has 0 aromatic heterocycles. The van der Waals surface area contributed by atoms with E-state index >= 15 is 0 Å². The summed E-state index contributed by atoms with van der Waals surface area (Å²) in [5, 5.41) is 6.01. The van der Waals surface area contributed by atoms with Crippen molar-refractivity contribution in [1.82, 2.24) is 5.32 Å². The summed E-state index contributed by atoms with van der Waals surface area (Å²) in [5.41, 5.74) is 1.28. The highest BCUT2D eigenvalue weighted by Gasteiger charge is 2.04. The first-order valence-corrected chi connectivity index (χ1v) is 6.75. The maximum atomic E-state index is 11.7. The monoisotopic (exact) mass is 262 g/mol. The van der Waals surface area contributed by atoms with E-state index in [-0.39, 0.29) is 11.7 Å². The number of unbranched alkanes of at least 4 members (excludes halogenated alkanes) is 1. The average Bonchev–Trinajstić information content (AvgIpc) is 2.38. The zero-order valence-electron chi connectivity index (χ0n) is 11.7. The molecular formula is C15H22N2O2. The smallest absolute Gasteiger partial charge is 0.225 e. The molecule has 19 heavy (non-hydrogen) atoms. The Morgan fingerprint density at radius 1 is 1.21 bits per heavy atom. The van der Waals surface area contributed by atoms with Gasteiger partial charge in [0.1, 0.15) is 0 Å². The topological polar surface area (TPSA) is 58.2 Å². The van der Waals surface area contributed by atoms with Gasteiger partial charge in [-0.3, -0.25) is 9.59 Å².